The molecule has 0 atom stereocenters. The summed E-state index contributed by atoms with van der Waals surface area (Å²) in [4.78, 5) is 17.3. The van der Waals surface area contributed by atoms with Crippen LogP contribution < -0.4 is 10.6 Å². The van der Waals surface area contributed by atoms with Crippen LogP contribution in [0.1, 0.15) is 31.4 Å². The number of aromatic nitrogens is 2. The summed E-state index contributed by atoms with van der Waals surface area (Å²) in [5, 5.41) is 10.3. The molecule has 0 spiro atoms. The van der Waals surface area contributed by atoms with E-state index in [0.29, 0.717) is 19.8 Å². The minimum absolute atomic E-state index is 0.147. The zero-order valence-corrected chi connectivity index (χ0v) is 19.7. The third-order valence-electron chi connectivity index (χ3n) is 5.59. The van der Waals surface area contributed by atoms with Gasteiger partial charge in [-0.2, -0.15) is 5.10 Å². The van der Waals surface area contributed by atoms with Gasteiger partial charge in [0.2, 0.25) is 0 Å². The van der Waals surface area contributed by atoms with Gasteiger partial charge in [-0.3, -0.25) is 9.58 Å². The number of nitrogens with one attached hydrogen (secondary N) is 2. The third-order valence-corrected chi connectivity index (χ3v) is 5.59. The maximum atomic E-state index is 12.3. The molecular formula is C24H38N6O2. The fraction of sp³-hybridized carbons (Fsp3) is 0.583. The summed E-state index contributed by atoms with van der Waals surface area (Å²) in [6.45, 7) is 11.6. The fourth-order valence-corrected chi connectivity index (χ4v) is 3.93. The molecule has 1 fully saturated rings. The molecule has 1 aliphatic rings. The number of amides is 2. The van der Waals surface area contributed by atoms with Crippen molar-refractivity contribution in [2.45, 2.75) is 39.0 Å². The predicted octanol–water partition coefficient (Wildman–Crippen LogP) is 2.22. The van der Waals surface area contributed by atoms with Crippen LogP contribution in [0.3, 0.4) is 0 Å². The van der Waals surface area contributed by atoms with E-state index >= 15 is 0 Å². The molecule has 0 saturated carbocycles. The highest BCUT2D eigenvalue weighted by Crippen LogP contribution is 2.09. The van der Waals surface area contributed by atoms with Crippen molar-refractivity contribution in [1.29, 1.82) is 0 Å². The first-order valence-electron chi connectivity index (χ1n) is 11.5. The van der Waals surface area contributed by atoms with Crippen LogP contribution in [0.5, 0.6) is 0 Å². The van der Waals surface area contributed by atoms with Crippen LogP contribution in [0.2, 0.25) is 0 Å². The number of nitrogens with zero attached hydrogens (tertiary/aromatic N) is 4. The molecule has 0 unspecified atom stereocenters. The van der Waals surface area contributed by atoms with Crippen LogP contribution in [-0.2, 0) is 24.9 Å². The van der Waals surface area contributed by atoms with Crippen LogP contribution in [0.15, 0.2) is 42.7 Å². The molecule has 1 aromatic heterocycles. The van der Waals surface area contributed by atoms with Gasteiger partial charge in [-0.05, 0) is 38.9 Å². The van der Waals surface area contributed by atoms with E-state index in [-0.39, 0.29) is 6.03 Å². The number of urea groups is 1. The Balaban J connectivity index is 1.30. The van der Waals surface area contributed by atoms with Crippen molar-refractivity contribution < 1.29 is 9.53 Å². The predicted molar refractivity (Wildman–Crippen MR) is 126 cm³/mol. The lowest BCUT2D eigenvalue weighted by Crippen LogP contribution is -2.52. The molecule has 0 bridgehead atoms. The first kappa shape index (κ1) is 24.2. The van der Waals surface area contributed by atoms with Gasteiger partial charge in [-0.25, -0.2) is 4.79 Å². The summed E-state index contributed by atoms with van der Waals surface area (Å²) in [7, 11) is 1.95. The number of carbonyl (C=O) groups is 1. The van der Waals surface area contributed by atoms with Gasteiger partial charge in [-0.15, -0.1) is 0 Å². The quantitative estimate of drug-likeness (QED) is 0.590. The maximum absolute atomic E-state index is 12.3. The topological polar surface area (TPSA) is 74.7 Å². The lowest BCUT2D eigenvalue weighted by atomic mass is 10.1. The van der Waals surface area contributed by atoms with Gasteiger partial charge in [0.05, 0.1) is 24.9 Å². The van der Waals surface area contributed by atoms with Crippen molar-refractivity contribution >= 4 is 6.03 Å². The van der Waals surface area contributed by atoms with Crippen molar-refractivity contribution in [3.8, 4) is 0 Å². The molecule has 8 heteroatoms. The lowest BCUT2D eigenvalue weighted by molar-refractivity contribution is 0.0743. The first-order chi connectivity index (χ1) is 15.4. The molecule has 2 amide bonds. The Hall–Kier alpha value is -2.42. The monoisotopic (exact) mass is 442 g/mol. The van der Waals surface area contributed by atoms with Gasteiger partial charge in [0.1, 0.15) is 0 Å². The number of hydrogen-bond donors (Lipinski definition) is 2. The largest absolute Gasteiger partial charge is 0.374 e. The average molecular weight is 443 g/mol. The summed E-state index contributed by atoms with van der Waals surface area (Å²) in [6, 6.07) is 9.91. The fourth-order valence-electron chi connectivity index (χ4n) is 3.93. The smallest absolute Gasteiger partial charge is 0.315 e. The minimum Gasteiger partial charge on any atom is -0.374 e. The summed E-state index contributed by atoms with van der Waals surface area (Å²) in [5.74, 6) is 0. The molecule has 1 aliphatic heterocycles. The number of ether oxygens (including phenoxy) is 1. The highest BCUT2D eigenvalue weighted by atomic mass is 16.5. The lowest BCUT2D eigenvalue weighted by Gasteiger charge is -2.27. The van der Waals surface area contributed by atoms with E-state index < -0.39 is 5.54 Å². The highest BCUT2D eigenvalue weighted by Gasteiger charge is 2.21. The Kier molecular flexibility index (Phi) is 9.08. The van der Waals surface area contributed by atoms with E-state index in [9.17, 15) is 4.79 Å². The van der Waals surface area contributed by atoms with Gasteiger partial charge < -0.3 is 20.3 Å². The molecule has 32 heavy (non-hydrogen) atoms. The minimum atomic E-state index is -0.436. The summed E-state index contributed by atoms with van der Waals surface area (Å²) in [5.41, 5.74) is 1.95. The third kappa shape index (κ3) is 8.61. The Morgan fingerprint density at radius 1 is 1.09 bits per heavy atom. The van der Waals surface area contributed by atoms with Crippen molar-refractivity contribution in [3.63, 3.8) is 0 Å². The molecule has 2 N–H and O–H groups in total. The average Bonchev–Trinajstić information content (AvgIpc) is 3.02. The number of benzene rings is 1. The molecule has 2 heterocycles. The highest BCUT2D eigenvalue weighted by molar-refractivity contribution is 5.74. The SMILES string of the molecule is Cn1cc(CN2CCCN(CCNC(=O)NC(C)(C)COCc3ccccc3)CC2)cn1. The first-order valence-corrected chi connectivity index (χ1v) is 11.5. The van der Waals surface area contributed by atoms with Crippen LogP contribution in [0.25, 0.3) is 0 Å². The van der Waals surface area contributed by atoms with Crippen molar-refractivity contribution in [1.82, 2.24) is 30.2 Å². The molecule has 2 aromatic rings. The molecule has 0 radical (unpaired) electrons. The van der Waals surface area contributed by atoms with Gasteiger partial charge in [-0.1, -0.05) is 30.3 Å². The van der Waals surface area contributed by atoms with E-state index in [1.165, 1.54) is 5.56 Å². The number of rotatable bonds is 10. The normalized spacial score (nSPS) is 16.0. The van der Waals surface area contributed by atoms with Crippen LogP contribution in [0, 0.1) is 0 Å². The Morgan fingerprint density at radius 2 is 1.84 bits per heavy atom. The number of aryl methyl sites for hydroxylation is 1. The van der Waals surface area contributed by atoms with E-state index in [4.69, 9.17) is 4.74 Å². The zero-order chi connectivity index (χ0) is 22.8. The molecule has 8 nitrogen and oxygen atoms in total. The summed E-state index contributed by atoms with van der Waals surface area (Å²) < 4.78 is 7.65. The second kappa shape index (κ2) is 12.0. The Labute approximate surface area is 191 Å². The molecule has 1 aromatic carbocycles. The number of hydrogen-bond acceptors (Lipinski definition) is 5. The second-order valence-corrected chi connectivity index (χ2v) is 9.24. The van der Waals surface area contributed by atoms with Gasteiger partial charge in [0.15, 0.2) is 0 Å². The second-order valence-electron chi connectivity index (χ2n) is 9.24. The van der Waals surface area contributed by atoms with Crippen molar-refractivity contribution in [2.75, 3.05) is 45.9 Å². The van der Waals surface area contributed by atoms with E-state index in [1.54, 1.807) is 0 Å². The number of carbonyl (C=O) groups excluding carboxylic acids is 1. The Bertz CT molecular complexity index is 823. The summed E-state index contributed by atoms with van der Waals surface area (Å²) >= 11 is 0. The van der Waals surface area contributed by atoms with E-state index in [1.807, 2.05) is 62.1 Å². The van der Waals surface area contributed by atoms with Crippen molar-refractivity contribution in [2.24, 2.45) is 7.05 Å². The van der Waals surface area contributed by atoms with E-state index in [2.05, 4.69) is 31.7 Å². The zero-order valence-electron chi connectivity index (χ0n) is 19.7. The van der Waals surface area contributed by atoms with Crippen LogP contribution >= 0.6 is 0 Å². The Morgan fingerprint density at radius 3 is 2.59 bits per heavy atom. The standard InChI is InChI=1S/C24H38N6O2/c1-24(2,20-32-19-21-8-5-4-6-9-21)27-23(31)25-10-13-29-11-7-12-30(15-14-29)18-22-16-26-28(3)17-22/h4-6,8-9,16-17H,7,10-15,18-20H2,1-3H3,(H2,25,27,31). The molecule has 176 valence electrons. The summed E-state index contributed by atoms with van der Waals surface area (Å²) in [6.07, 6.45) is 5.16. The molecular weight excluding hydrogens is 404 g/mol. The van der Waals surface area contributed by atoms with Crippen molar-refractivity contribution in [3.05, 3.63) is 53.9 Å². The van der Waals surface area contributed by atoms with Gasteiger partial charge in [0.25, 0.3) is 0 Å². The van der Waals surface area contributed by atoms with E-state index in [0.717, 1.165) is 51.3 Å². The maximum Gasteiger partial charge on any atom is 0.315 e. The van der Waals surface area contributed by atoms with Gasteiger partial charge >= 0.3 is 6.03 Å². The molecule has 3 rings (SSSR count). The molecule has 1 saturated heterocycles. The van der Waals surface area contributed by atoms with Gasteiger partial charge in [0, 0.05) is 51.5 Å². The van der Waals surface area contributed by atoms with Crippen LogP contribution in [-0.4, -0.2) is 77.0 Å². The molecule has 0 aliphatic carbocycles. The van der Waals surface area contributed by atoms with Crippen LogP contribution in [0.4, 0.5) is 4.79 Å².